The highest BCUT2D eigenvalue weighted by atomic mass is 127. The van der Waals surface area contributed by atoms with E-state index in [0.29, 0.717) is 19.0 Å². The summed E-state index contributed by atoms with van der Waals surface area (Å²) >= 11 is 5.99. The molecule has 27 heavy (non-hydrogen) atoms. The van der Waals surface area contributed by atoms with Gasteiger partial charge in [0, 0.05) is 18.1 Å². The Bertz CT molecular complexity index is 875. The first-order valence-corrected chi connectivity index (χ1v) is 10.2. The molecule has 0 heterocycles. The lowest BCUT2D eigenvalue weighted by atomic mass is 10.1. The van der Waals surface area contributed by atoms with E-state index in [4.69, 9.17) is 16.7 Å². The first-order chi connectivity index (χ1) is 12.4. The maximum Gasteiger partial charge on any atom is 0.238 e. The van der Waals surface area contributed by atoms with Gasteiger partial charge in [-0.05, 0) is 48.7 Å². The van der Waals surface area contributed by atoms with Crippen molar-refractivity contribution in [1.82, 2.24) is 10.6 Å². The number of aliphatic imine (C=N–C) groups is 1. The normalized spacial score (nSPS) is 11.6. The van der Waals surface area contributed by atoms with Crippen molar-refractivity contribution in [1.29, 1.82) is 0 Å². The Morgan fingerprint density at radius 2 is 1.81 bits per heavy atom. The van der Waals surface area contributed by atoms with Gasteiger partial charge in [0.1, 0.15) is 0 Å². The van der Waals surface area contributed by atoms with E-state index in [-0.39, 0.29) is 28.9 Å². The Morgan fingerprint density at radius 3 is 2.48 bits per heavy atom. The number of nitrogens with one attached hydrogen (secondary N) is 2. The zero-order chi connectivity index (χ0) is 19.0. The predicted molar refractivity (Wildman–Crippen MR) is 121 cm³/mol. The van der Waals surface area contributed by atoms with Crippen molar-refractivity contribution in [3.05, 3.63) is 64.7 Å². The minimum atomic E-state index is -3.71. The van der Waals surface area contributed by atoms with Gasteiger partial charge in [-0.15, -0.1) is 24.0 Å². The number of guanidine groups is 1. The molecule has 0 amide bonds. The topological polar surface area (TPSA) is 96.6 Å². The number of primary sulfonamides is 1. The van der Waals surface area contributed by atoms with Crippen molar-refractivity contribution >= 4 is 51.6 Å². The highest BCUT2D eigenvalue weighted by Gasteiger charge is 2.07. The van der Waals surface area contributed by atoms with Crippen LogP contribution in [0.1, 0.15) is 18.1 Å². The largest absolute Gasteiger partial charge is 0.357 e. The molecule has 0 aromatic heterocycles. The van der Waals surface area contributed by atoms with Crippen molar-refractivity contribution in [2.75, 3.05) is 13.1 Å². The van der Waals surface area contributed by atoms with Crippen LogP contribution in [0.25, 0.3) is 0 Å². The predicted octanol–water partition coefficient (Wildman–Crippen LogP) is 2.90. The summed E-state index contributed by atoms with van der Waals surface area (Å²) in [7, 11) is -3.71. The van der Waals surface area contributed by atoms with E-state index >= 15 is 0 Å². The van der Waals surface area contributed by atoms with Crippen molar-refractivity contribution in [2.45, 2.75) is 24.8 Å². The minimum Gasteiger partial charge on any atom is -0.357 e. The number of halogens is 2. The molecule has 0 aliphatic carbocycles. The molecule has 0 saturated carbocycles. The van der Waals surface area contributed by atoms with Gasteiger partial charge in [-0.25, -0.2) is 18.5 Å². The fourth-order valence-corrected chi connectivity index (χ4v) is 3.15. The standard InChI is InChI=1S/C18H23ClN4O2S.HI/c1-2-21-18(22-10-9-14-5-3-7-16(19)11-14)23-13-15-6-4-8-17(12-15)26(20,24)25;/h3-8,11-12H,2,9-10,13H2,1H3,(H2,20,24,25)(H2,21,22,23);1H. The highest BCUT2D eigenvalue weighted by Crippen LogP contribution is 2.11. The summed E-state index contributed by atoms with van der Waals surface area (Å²) < 4.78 is 22.9. The Hall–Kier alpha value is -1.36. The van der Waals surface area contributed by atoms with Crippen molar-refractivity contribution < 1.29 is 8.42 Å². The number of rotatable bonds is 7. The second-order valence-corrected chi connectivity index (χ2v) is 7.69. The summed E-state index contributed by atoms with van der Waals surface area (Å²) in [6.45, 7) is 3.75. The van der Waals surface area contributed by atoms with E-state index in [2.05, 4.69) is 15.6 Å². The third kappa shape index (κ3) is 8.46. The van der Waals surface area contributed by atoms with Crippen LogP contribution in [0.4, 0.5) is 0 Å². The van der Waals surface area contributed by atoms with Gasteiger partial charge in [0.05, 0.1) is 11.4 Å². The smallest absolute Gasteiger partial charge is 0.238 e. The number of sulfonamides is 1. The molecule has 2 aromatic carbocycles. The van der Waals surface area contributed by atoms with Gasteiger partial charge in [0.15, 0.2) is 5.96 Å². The number of nitrogens with two attached hydrogens (primary N) is 1. The molecule has 0 spiro atoms. The SMILES string of the molecule is CCNC(=NCc1cccc(S(N)(=O)=O)c1)NCCc1cccc(Cl)c1.I. The van der Waals surface area contributed by atoms with Crippen molar-refractivity contribution in [2.24, 2.45) is 10.1 Å². The summed E-state index contributed by atoms with van der Waals surface area (Å²) in [4.78, 5) is 4.58. The molecule has 0 aliphatic heterocycles. The Kier molecular flexibility index (Phi) is 10.1. The van der Waals surface area contributed by atoms with Crippen LogP contribution in [-0.2, 0) is 23.0 Å². The van der Waals surface area contributed by atoms with Crippen LogP contribution in [-0.4, -0.2) is 27.5 Å². The molecule has 0 atom stereocenters. The van der Waals surface area contributed by atoms with Crippen LogP contribution < -0.4 is 15.8 Å². The molecular weight excluding hydrogens is 499 g/mol. The van der Waals surface area contributed by atoms with Gasteiger partial charge in [-0.3, -0.25) is 0 Å². The molecule has 0 saturated heterocycles. The van der Waals surface area contributed by atoms with Crippen LogP contribution in [0.3, 0.4) is 0 Å². The van der Waals surface area contributed by atoms with Crippen LogP contribution in [0.15, 0.2) is 58.4 Å². The van der Waals surface area contributed by atoms with Crippen LogP contribution in [0, 0.1) is 0 Å². The summed E-state index contributed by atoms with van der Waals surface area (Å²) in [5.41, 5.74) is 1.91. The number of nitrogens with zero attached hydrogens (tertiary/aromatic N) is 1. The van der Waals surface area contributed by atoms with Gasteiger partial charge in [-0.1, -0.05) is 35.9 Å². The fourth-order valence-electron chi connectivity index (χ4n) is 2.35. The van der Waals surface area contributed by atoms with E-state index < -0.39 is 10.0 Å². The summed E-state index contributed by atoms with van der Waals surface area (Å²) in [5, 5.41) is 12.3. The second kappa shape index (κ2) is 11.5. The van der Waals surface area contributed by atoms with E-state index in [1.807, 2.05) is 37.3 Å². The zero-order valence-electron chi connectivity index (χ0n) is 15.0. The van der Waals surface area contributed by atoms with E-state index in [9.17, 15) is 8.42 Å². The second-order valence-electron chi connectivity index (χ2n) is 5.69. The average molecular weight is 523 g/mol. The molecule has 4 N–H and O–H groups in total. The van der Waals surface area contributed by atoms with E-state index in [1.165, 1.54) is 12.1 Å². The van der Waals surface area contributed by atoms with Crippen molar-refractivity contribution in [3.63, 3.8) is 0 Å². The molecule has 2 aromatic rings. The third-order valence-corrected chi connectivity index (χ3v) is 4.73. The summed E-state index contributed by atoms with van der Waals surface area (Å²) in [6.07, 6.45) is 0.811. The minimum absolute atomic E-state index is 0. The molecule has 0 radical (unpaired) electrons. The molecule has 0 aliphatic rings. The lowest BCUT2D eigenvalue weighted by molar-refractivity contribution is 0.597. The Balaban J connectivity index is 0.00000364. The van der Waals surface area contributed by atoms with E-state index in [1.54, 1.807) is 6.07 Å². The quantitative estimate of drug-likeness (QED) is 0.296. The molecule has 148 valence electrons. The Morgan fingerprint density at radius 1 is 1.11 bits per heavy atom. The number of hydrogen-bond donors (Lipinski definition) is 3. The lowest BCUT2D eigenvalue weighted by Crippen LogP contribution is -2.38. The maximum absolute atomic E-state index is 11.4. The fraction of sp³-hybridized carbons (Fsp3) is 0.278. The van der Waals surface area contributed by atoms with Gasteiger partial charge in [-0.2, -0.15) is 0 Å². The summed E-state index contributed by atoms with van der Waals surface area (Å²) in [5.74, 6) is 0.663. The molecule has 2 rings (SSSR count). The van der Waals surface area contributed by atoms with Crippen LogP contribution in [0.5, 0.6) is 0 Å². The van der Waals surface area contributed by atoms with E-state index in [0.717, 1.165) is 29.1 Å². The van der Waals surface area contributed by atoms with Gasteiger partial charge in [0.2, 0.25) is 10.0 Å². The highest BCUT2D eigenvalue weighted by molar-refractivity contribution is 14.0. The zero-order valence-corrected chi connectivity index (χ0v) is 18.9. The number of benzene rings is 2. The van der Waals surface area contributed by atoms with Crippen LogP contribution >= 0.6 is 35.6 Å². The monoisotopic (exact) mass is 522 g/mol. The first kappa shape index (κ1) is 23.7. The molecule has 9 heteroatoms. The maximum atomic E-state index is 11.4. The summed E-state index contributed by atoms with van der Waals surface area (Å²) in [6, 6.07) is 14.2. The average Bonchev–Trinajstić information content (AvgIpc) is 2.59. The van der Waals surface area contributed by atoms with Gasteiger partial charge < -0.3 is 10.6 Å². The number of hydrogen-bond acceptors (Lipinski definition) is 3. The third-order valence-electron chi connectivity index (χ3n) is 3.59. The van der Waals surface area contributed by atoms with Gasteiger partial charge in [0.25, 0.3) is 0 Å². The molecule has 6 nitrogen and oxygen atoms in total. The molecular formula is C18H24ClIN4O2S. The molecule has 0 fully saturated rings. The lowest BCUT2D eigenvalue weighted by Gasteiger charge is -2.11. The van der Waals surface area contributed by atoms with Crippen LogP contribution in [0.2, 0.25) is 5.02 Å². The molecule has 0 bridgehead atoms. The Labute approximate surface area is 182 Å². The van der Waals surface area contributed by atoms with Gasteiger partial charge >= 0.3 is 0 Å². The molecule has 0 unspecified atom stereocenters. The first-order valence-electron chi connectivity index (χ1n) is 8.27. The van der Waals surface area contributed by atoms with Crippen molar-refractivity contribution in [3.8, 4) is 0 Å².